The van der Waals surface area contributed by atoms with E-state index < -0.39 is 0 Å². The number of aromatic amines is 1. The normalized spacial score (nSPS) is 11.4. The molecule has 98 valence electrons. The van der Waals surface area contributed by atoms with E-state index >= 15 is 0 Å². The third kappa shape index (κ3) is 3.25. The first-order chi connectivity index (χ1) is 9.06. The van der Waals surface area contributed by atoms with Crippen molar-refractivity contribution in [2.75, 3.05) is 5.43 Å². The Morgan fingerprint density at radius 1 is 1.42 bits per heavy atom. The average molecular weight is 260 g/mol. The summed E-state index contributed by atoms with van der Waals surface area (Å²) in [6.45, 7) is 3.37. The lowest BCUT2D eigenvalue weighted by Crippen LogP contribution is -2.11. The minimum absolute atomic E-state index is 0.223. The molecule has 0 fully saturated rings. The minimum Gasteiger partial charge on any atom is -0.291 e. The molecule has 19 heavy (non-hydrogen) atoms. The van der Waals surface area contributed by atoms with Crippen LogP contribution >= 0.6 is 0 Å². The van der Waals surface area contributed by atoms with Crippen LogP contribution in [0.25, 0.3) is 0 Å². The number of rotatable bonds is 3. The van der Waals surface area contributed by atoms with E-state index in [-0.39, 0.29) is 17.3 Å². The number of hydrazone groups is 1. The van der Waals surface area contributed by atoms with Crippen molar-refractivity contribution in [1.82, 2.24) is 9.97 Å². The Kier molecular flexibility index (Phi) is 3.70. The largest absolute Gasteiger partial charge is 0.291 e. The number of hydrogen-bond donors (Lipinski definition) is 2. The van der Waals surface area contributed by atoms with Gasteiger partial charge in [0.05, 0.1) is 5.71 Å². The second-order valence-electron chi connectivity index (χ2n) is 4.02. The summed E-state index contributed by atoms with van der Waals surface area (Å²) in [5, 5.41) is 4.00. The Morgan fingerprint density at radius 2 is 2.16 bits per heavy atom. The Bertz CT molecular complexity index is 678. The molecule has 0 saturated heterocycles. The van der Waals surface area contributed by atoms with Crippen LogP contribution in [-0.4, -0.2) is 15.7 Å². The first-order valence-corrected chi connectivity index (χ1v) is 5.69. The van der Waals surface area contributed by atoms with Crippen molar-refractivity contribution in [3.63, 3.8) is 0 Å². The Balaban J connectivity index is 2.23. The third-order valence-electron chi connectivity index (χ3n) is 2.46. The van der Waals surface area contributed by atoms with Gasteiger partial charge in [-0.05, 0) is 19.9 Å². The van der Waals surface area contributed by atoms with Gasteiger partial charge in [0.1, 0.15) is 5.82 Å². The quantitative estimate of drug-likeness (QED) is 0.655. The summed E-state index contributed by atoms with van der Waals surface area (Å²) in [7, 11) is 0. The SMILES string of the molecule is C/C(=N/Nc1nc(C)cc(=O)[nH]1)c1ccccc1F. The van der Waals surface area contributed by atoms with Gasteiger partial charge in [-0.3, -0.25) is 9.78 Å². The van der Waals surface area contributed by atoms with E-state index in [9.17, 15) is 9.18 Å². The summed E-state index contributed by atoms with van der Waals surface area (Å²) in [5.74, 6) is -0.128. The van der Waals surface area contributed by atoms with Gasteiger partial charge < -0.3 is 0 Å². The molecular weight excluding hydrogens is 247 g/mol. The molecule has 1 heterocycles. The predicted octanol–water partition coefficient (Wildman–Crippen LogP) is 2.05. The van der Waals surface area contributed by atoms with Crippen LogP contribution in [0.5, 0.6) is 0 Å². The lowest BCUT2D eigenvalue weighted by atomic mass is 10.1. The zero-order chi connectivity index (χ0) is 13.8. The molecule has 0 aliphatic heterocycles. The van der Waals surface area contributed by atoms with Crippen molar-refractivity contribution < 1.29 is 4.39 Å². The minimum atomic E-state index is -0.351. The van der Waals surface area contributed by atoms with Crippen LogP contribution in [0.1, 0.15) is 18.2 Å². The first-order valence-electron chi connectivity index (χ1n) is 5.69. The molecule has 0 bridgehead atoms. The van der Waals surface area contributed by atoms with Gasteiger partial charge in [0, 0.05) is 17.3 Å². The highest BCUT2D eigenvalue weighted by Gasteiger charge is 2.04. The summed E-state index contributed by atoms with van der Waals surface area (Å²) < 4.78 is 13.5. The molecule has 1 aromatic heterocycles. The van der Waals surface area contributed by atoms with Crippen LogP contribution in [0.3, 0.4) is 0 Å². The van der Waals surface area contributed by atoms with Gasteiger partial charge in [-0.15, -0.1) is 0 Å². The molecule has 0 spiro atoms. The van der Waals surface area contributed by atoms with Crippen LogP contribution in [0.15, 0.2) is 40.2 Å². The topological polar surface area (TPSA) is 70.1 Å². The van der Waals surface area contributed by atoms with E-state index in [2.05, 4.69) is 20.5 Å². The fourth-order valence-corrected chi connectivity index (χ4v) is 1.58. The van der Waals surface area contributed by atoms with Crippen molar-refractivity contribution >= 4 is 11.7 Å². The van der Waals surface area contributed by atoms with Gasteiger partial charge in [0.15, 0.2) is 0 Å². The molecule has 0 aliphatic rings. The van der Waals surface area contributed by atoms with Crippen molar-refractivity contribution in [1.29, 1.82) is 0 Å². The molecule has 0 saturated carbocycles. The molecule has 2 rings (SSSR count). The standard InChI is InChI=1S/C13H13FN4O/c1-8-7-12(19)16-13(15-8)18-17-9(2)10-5-3-4-6-11(10)14/h3-7H,1-2H3,(H2,15,16,18,19)/b17-9-. The molecule has 0 atom stereocenters. The fourth-order valence-electron chi connectivity index (χ4n) is 1.58. The number of nitrogens with one attached hydrogen (secondary N) is 2. The van der Waals surface area contributed by atoms with Gasteiger partial charge >= 0.3 is 0 Å². The maximum Gasteiger partial charge on any atom is 0.252 e. The van der Waals surface area contributed by atoms with Crippen LogP contribution in [0, 0.1) is 12.7 Å². The summed E-state index contributed by atoms with van der Waals surface area (Å²) in [6, 6.07) is 7.70. The molecule has 0 amide bonds. The molecule has 6 heteroatoms. The number of H-pyrrole nitrogens is 1. The summed E-state index contributed by atoms with van der Waals surface area (Å²) >= 11 is 0. The first kappa shape index (κ1) is 12.9. The number of hydrogen-bond acceptors (Lipinski definition) is 4. The van der Waals surface area contributed by atoms with Gasteiger partial charge in [-0.1, -0.05) is 18.2 Å². The van der Waals surface area contributed by atoms with Crippen molar-refractivity contribution in [3.8, 4) is 0 Å². The lowest BCUT2D eigenvalue weighted by molar-refractivity contribution is 0.625. The Morgan fingerprint density at radius 3 is 2.84 bits per heavy atom. The van der Waals surface area contributed by atoms with Crippen LogP contribution in [-0.2, 0) is 0 Å². The number of benzene rings is 1. The molecule has 5 nitrogen and oxygen atoms in total. The van der Waals surface area contributed by atoms with Gasteiger partial charge in [0.2, 0.25) is 5.95 Å². The van der Waals surface area contributed by atoms with Crippen molar-refractivity contribution in [2.45, 2.75) is 13.8 Å². The fraction of sp³-hybridized carbons (Fsp3) is 0.154. The van der Waals surface area contributed by atoms with Crippen molar-refractivity contribution in [2.24, 2.45) is 5.10 Å². The summed E-state index contributed by atoms with van der Waals surface area (Å²) in [5.41, 5.74) is 3.76. The van der Waals surface area contributed by atoms with Crippen LogP contribution in [0.2, 0.25) is 0 Å². The monoisotopic (exact) mass is 260 g/mol. The number of anilines is 1. The molecule has 1 aromatic carbocycles. The molecule has 0 aliphatic carbocycles. The lowest BCUT2D eigenvalue weighted by Gasteiger charge is -2.04. The number of nitrogens with zero attached hydrogens (tertiary/aromatic N) is 2. The van der Waals surface area contributed by atoms with Gasteiger partial charge in [-0.25, -0.2) is 14.8 Å². The van der Waals surface area contributed by atoms with E-state index in [4.69, 9.17) is 0 Å². The second-order valence-corrected chi connectivity index (χ2v) is 4.02. The van der Waals surface area contributed by atoms with Gasteiger partial charge in [-0.2, -0.15) is 5.10 Å². The third-order valence-corrected chi connectivity index (χ3v) is 2.46. The maximum atomic E-state index is 13.5. The molecule has 0 radical (unpaired) electrons. The molecule has 2 N–H and O–H groups in total. The highest BCUT2D eigenvalue weighted by atomic mass is 19.1. The Labute approximate surface area is 109 Å². The van der Waals surface area contributed by atoms with E-state index in [1.165, 1.54) is 12.1 Å². The highest BCUT2D eigenvalue weighted by Crippen LogP contribution is 2.08. The average Bonchev–Trinajstić information content (AvgIpc) is 2.35. The zero-order valence-corrected chi connectivity index (χ0v) is 10.6. The van der Waals surface area contributed by atoms with Crippen molar-refractivity contribution in [3.05, 3.63) is 57.8 Å². The summed E-state index contributed by atoms with van der Waals surface area (Å²) in [6.07, 6.45) is 0. The van der Waals surface area contributed by atoms with Gasteiger partial charge in [0.25, 0.3) is 5.56 Å². The van der Waals surface area contributed by atoms with E-state index in [1.807, 2.05) is 0 Å². The number of aryl methyl sites for hydroxylation is 1. The highest BCUT2D eigenvalue weighted by molar-refractivity contribution is 5.99. The maximum absolute atomic E-state index is 13.5. The summed E-state index contributed by atoms with van der Waals surface area (Å²) in [4.78, 5) is 17.8. The number of aromatic nitrogens is 2. The zero-order valence-electron chi connectivity index (χ0n) is 10.6. The van der Waals surface area contributed by atoms with E-state index in [0.717, 1.165) is 0 Å². The smallest absolute Gasteiger partial charge is 0.252 e. The van der Waals surface area contributed by atoms with E-state index in [0.29, 0.717) is 17.0 Å². The van der Waals surface area contributed by atoms with Crippen LogP contribution < -0.4 is 11.0 Å². The molecule has 0 unspecified atom stereocenters. The molecule has 2 aromatic rings. The Hall–Kier alpha value is -2.50. The number of halogens is 1. The predicted molar refractivity (Wildman–Crippen MR) is 71.8 cm³/mol. The van der Waals surface area contributed by atoms with E-state index in [1.54, 1.807) is 32.0 Å². The second kappa shape index (κ2) is 5.43. The van der Waals surface area contributed by atoms with Crippen LogP contribution in [0.4, 0.5) is 10.3 Å². The molecular formula is C13H13FN4O.